The Morgan fingerprint density at radius 2 is 1.62 bits per heavy atom. The quantitative estimate of drug-likeness (QED) is 0.456. The van der Waals surface area contributed by atoms with Crippen molar-refractivity contribution in [1.29, 1.82) is 0 Å². The fraction of sp³-hybridized carbons (Fsp3) is 0.238. The monoisotopic (exact) mass is 439 g/mol. The summed E-state index contributed by atoms with van der Waals surface area (Å²) in [6, 6.07) is 13.4. The van der Waals surface area contributed by atoms with Gasteiger partial charge in [0.15, 0.2) is 5.82 Å². The number of rotatable bonds is 5. The summed E-state index contributed by atoms with van der Waals surface area (Å²) in [5, 5.41) is 13.1. The van der Waals surface area contributed by atoms with Crippen LogP contribution in [0.1, 0.15) is 12.2 Å². The lowest BCUT2D eigenvalue weighted by Crippen LogP contribution is -2.37. The molecule has 2 aromatic heterocycles. The van der Waals surface area contributed by atoms with Crippen LogP contribution in [0.5, 0.6) is 5.75 Å². The molecule has 1 aliphatic heterocycles. The summed E-state index contributed by atoms with van der Waals surface area (Å²) in [7, 11) is 0. The van der Waals surface area contributed by atoms with Crippen LogP contribution < -0.4 is 10.2 Å². The van der Waals surface area contributed by atoms with Gasteiger partial charge < -0.3 is 20.1 Å². The minimum atomic E-state index is -2.83. The molecule has 4 aromatic rings. The average molecular weight is 439 g/mol. The molecule has 2 N–H and O–H groups in total. The lowest BCUT2D eigenvalue weighted by Gasteiger charge is -2.27. The Kier molecular flexibility index (Phi) is 5.23. The van der Waals surface area contributed by atoms with Gasteiger partial charge in [-0.05, 0) is 24.3 Å². The van der Waals surface area contributed by atoms with Crippen molar-refractivity contribution in [3.05, 3.63) is 54.4 Å². The minimum Gasteiger partial charge on any atom is -0.506 e. The highest BCUT2D eigenvalue weighted by Gasteiger charge is 2.24. The van der Waals surface area contributed by atoms with Gasteiger partial charge in [0.05, 0.1) is 29.9 Å². The zero-order valence-electron chi connectivity index (χ0n) is 16.8. The second-order valence-electron chi connectivity index (χ2n) is 7.10. The molecule has 0 aliphatic carbocycles. The van der Waals surface area contributed by atoms with E-state index in [2.05, 4.69) is 25.3 Å². The van der Waals surface area contributed by atoms with Crippen molar-refractivity contribution in [3.63, 3.8) is 0 Å². The Hall–Kier alpha value is -3.86. The molecule has 0 saturated carbocycles. The van der Waals surface area contributed by atoms with Crippen molar-refractivity contribution >= 4 is 28.6 Å². The van der Waals surface area contributed by atoms with E-state index >= 15 is 0 Å². The summed E-state index contributed by atoms with van der Waals surface area (Å²) in [5.41, 5.74) is 1.24. The number of halogens is 2. The van der Waals surface area contributed by atoms with E-state index in [1.807, 2.05) is 4.90 Å². The molecule has 1 fully saturated rings. The Bertz CT molecular complexity index is 1260. The number of imidazole rings is 1. The molecule has 3 heterocycles. The van der Waals surface area contributed by atoms with Gasteiger partial charge in [-0.1, -0.05) is 24.3 Å². The van der Waals surface area contributed by atoms with Crippen LogP contribution in [0, 0.1) is 0 Å². The van der Waals surface area contributed by atoms with Crippen LogP contribution in [0.3, 0.4) is 0 Å². The first kappa shape index (κ1) is 20.1. The molecule has 0 atom stereocenters. The van der Waals surface area contributed by atoms with Crippen molar-refractivity contribution in [1.82, 2.24) is 24.5 Å². The number of para-hydroxylation sites is 4. The number of aromatic nitrogens is 5. The molecule has 0 spiro atoms. The molecular weight excluding hydrogens is 420 g/mol. The summed E-state index contributed by atoms with van der Waals surface area (Å²) in [6.07, 6.45) is -2.83. The molecule has 0 bridgehead atoms. The zero-order chi connectivity index (χ0) is 22.1. The Labute approximate surface area is 181 Å². The molecule has 11 heteroatoms. The third kappa shape index (κ3) is 3.78. The van der Waals surface area contributed by atoms with E-state index in [0.29, 0.717) is 49.0 Å². The molecule has 9 nitrogen and oxygen atoms in total. The van der Waals surface area contributed by atoms with E-state index in [9.17, 15) is 13.9 Å². The standard InChI is InChI=1S/C21H19F2N7O2/c22-17(23)18-24-13-5-1-3-7-15(13)30(18)21-27-19(25-14-6-2-4-8-16(14)31)26-20(28-21)29-9-11-32-12-10-29/h1-8,17,31H,9-12H2,(H,25,26,27,28). The normalized spacial score (nSPS) is 14.3. The Morgan fingerprint density at radius 3 is 2.41 bits per heavy atom. The first-order chi connectivity index (χ1) is 15.6. The van der Waals surface area contributed by atoms with Gasteiger partial charge in [0, 0.05) is 13.1 Å². The topological polar surface area (TPSA) is 101 Å². The lowest BCUT2D eigenvalue weighted by molar-refractivity contribution is 0.122. The van der Waals surface area contributed by atoms with Crippen molar-refractivity contribution in [2.75, 3.05) is 36.5 Å². The summed E-state index contributed by atoms with van der Waals surface area (Å²) in [6.45, 7) is 2.09. The van der Waals surface area contributed by atoms with Crippen molar-refractivity contribution in [3.8, 4) is 11.7 Å². The number of fused-ring (bicyclic) bond motifs is 1. The minimum absolute atomic E-state index is 0.00316. The summed E-state index contributed by atoms with van der Waals surface area (Å²) in [5.74, 6) is -0.0313. The number of nitrogens with zero attached hydrogens (tertiary/aromatic N) is 6. The molecular formula is C21H19F2N7O2. The van der Waals surface area contributed by atoms with E-state index in [1.54, 1.807) is 42.5 Å². The van der Waals surface area contributed by atoms with Gasteiger partial charge in [0.2, 0.25) is 17.8 Å². The Balaban J connectivity index is 1.67. The molecule has 5 rings (SSSR count). The fourth-order valence-electron chi connectivity index (χ4n) is 3.52. The number of phenolic OH excluding ortho intramolecular Hbond substituents is 1. The van der Waals surface area contributed by atoms with Crippen molar-refractivity contribution in [2.24, 2.45) is 0 Å². The molecule has 2 aromatic carbocycles. The SMILES string of the molecule is Oc1ccccc1Nc1nc(N2CCOCC2)nc(-n2c(C(F)F)nc3ccccc32)n1. The maximum Gasteiger partial charge on any atom is 0.296 e. The summed E-state index contributed by atoms with van der Waals surface area (Å²) in [4.78, 5) is 19.3. The van der Waals surface area contributed by atoms with Gasteiger partial charge in [-0.25, -0.2) is 13.8 Å². The molecule has 164 valence electrons. The first-order valence-corrected chi connectivity index (χ1v) is 10.00. The third-order valence-electron chi connectivity index (χ3n) is 5.04. The molecule has 1 saturated heterocycles. The maximum atomic E-state index is 13.9. The second-order valence-corrected chi connectivity index (χ2v) is 7.10. The second kappa shape index (κ2) is 8.35. The van der Waals surface area contributed by atoms with Crippen LogP contribution in [-0.4, -0.2) is 55.9 Å². The molecule has 0 amide bonds. The van der Waals surface area contributed by atoms with Gasteiger partial charge in [0.25, 0.3) is 6.43 Å². The van der Waals surface area contributed by atoms with Crippen LogP contribution in [-0.2, 0) is 4.74 Å². The number of phenols is 1. The van der Waals surface area contributed by atoms with Crippen LogP contribution in [0.4, 0.5) is 26.4 Å². The Morgan fingerprint density at radius 1 is 0.906 bits per heavy atom. The van der Waals surface area contributed by atoms with E-state index in [-0.39, 0.29) is 17.6 Å². The van der Waals surface area contributed by atoms with Gasteiger partial charge in [-0.3, -0.25) is 4.57 Å². The van der Waals surface area contributed by atoms with Crippen LogP contribution in [0.25, 0.3) is 17.0 Å². The van der Waals surface area contributed by atoms with E-state index < -0.39 is 12.2 Å². The van der Waals surface area contributed by atoms with E-state index in [0.717, 1.165) is 0 Å². The molecule has 1 aliphatic rings. The highest BCUT2D eigenvalue weighted by atomic mass is 19.3. The fourth-order valence-corrected chi connectivity index (χ4v) is 3.52. The van der Waals surface area contributed by atoms with Crippen LogP contribution in [0.2, 0.25) is 0 Å². The summed E-state index contributed by atoms with van der Waals surface area (Å²) < 4.78 is 34.4. The van der Waals surface area contributed by atoms with Crippen molar-refractivity contribution < 1.29 is 18.6 Å². The number of alkyl halides is 2. The van der Waals surface area contributed by atoms with E-state index in [4.69, 9.17) is 4.74 Å². The largest absolute Gasteiger partial charge is 0.506 e. The van der Waals surface area contributed by atoms with Crippen molar-refractivity contribution in [2.45, 2.75) is 6.43 Å². The third-order valence-corrected chi connectivity index (χ3v) is 5.04. The maximum absolute atomic E-state index is 13.9. The molecule has 0 radical (unpaired) electrons. The van der Waals surface area contributed by atoms with Gasteiger partial charge in [-0.2, -0.15) is 15.0 Å². The highest BCUT2D eigenvalue weighted by Crippen LogP contribution is 2.29. The number of benzene rings is 2. The number of ether oxygens (including phenoxy) is 1. The number of hydrogen-bond donors (Lipinski definition) is 2. The lowest BCUT2D eigenvalue weighted by atomic mass is 10.3. The summed E-state index contributed by atoms with van der Waals surface area (Å²) >= 11 is 0. The zero-order valence-corrected chi connectivity index (χ0v) is 16.8. The van der Waals surface area contributed by atoms with Gasteiger partial charge in [-0.15, -0.1) is 0 Å². The molecule has 32 heavy (non-hydrogen) atoms. The van der Waals surface area contributed by atoms with Crippen LogP contribution >= 0.6 is 0 Å². The molecule has 0 unspecified atom stereocenters. The average Bonchev–Trinajstić information content (AvgIpc) is 3.21. The number of morpholine rings is 1. The number of anilines is 3. The predicted octanol–water partition coefficient (Wildman–Crippen LogP) is 3.43. The van der Waals surface area contributed by atoms with Gasteiger partial charge >= 0.3 is 0 Å². The van der Waals surface area contributed by atoms with E-state index in [1.165, 1.54) is 10.6 Å². The first-order valence-electron chi connectivity index (χ1n) is 10.00. The van der Waals surface area contributed by atoms with Gasteiger partial charge in [0.1, 0.15) is 5.75 Å². The number of hydrogen-bond acceptors (Lipinski definition) is 8. The smallest absolute Gasteiger partial charge is 0.296 e. The predicted molar refractivity (Wildman–Crippen MR) is 114 cm³/mol. The van der Waals surface area contributed by atoms with Crippen LogP contribution in [0.15, 0.2) is 48.5 Å². The highest BCUT2D eigenvalue weighted by molar-refractivity contribution is 5.77. The number of aromatic hydroxyl groups is 1. The number of nitrogens with one attached hydrogen (secondary N) is 1.